The van der Waals surface area contributed by atoms with Gasteiger partial charge in [0.05, 0.1) is 17.9 Å². The summed E-state index contributed by atoms with van der Waals surface area (Å²) >= 11 is 0. The Morgan fingerprint density at radius 1 is 1.21 bits per heavy atom. The zero-order valence-corrected chi connectivity index (χ0v) is 15.8. The molecule has 28 heavy (non-hydrogen) atoms. The second-order valence-corrected chi connectivity index (χ2v) is 7.21. The molecule has 6 heteroatoms. The first-order chi connectivity index (χ1) is 13.5. The lowest BCUT2D eigenvalue weighted by atomic mass is 9.89. The second kappa shape index (κ2) is 6.96. The number of carbonyl (C=O) groups excluding carboxylic acids is 2. The van der Waals surface area contributed by atoms with Crippen molar-refractivity contribution in [3.63, 3.8) is 0 Å². The molecule has 0 unspecified atom stereocenters. The monoisotopic (exact) mass is 375 g/mol. The highest BCUT2D eigenvalue weighted by atomic mass is 16.6. The highest BCUT2D eigenvalue weighted by molar-refractivity contribution is 5.97. The quantitative estimate of drug-likeness (QED) is 0.711. The van der Waals surface area contributed by atoms with E-state index in [9.17, 15) is 9.59 Å². The number of amides is 1. The van der Waals surface area contributed by atoms with E-state index < -0.39 is 11.6 Å². The Morgan fingerprint density at radius 2 is 1.96 bits per heavy atom. The van der Waals surface area contributed by atoms with E-state index in [2.05, 4.69) is 10.3 Å². The summed E-state index contributed by atoms with van der Waals surface area (Å²) in [4.78, 5) is 29.3. The summed E-state index contributed by atoms with van der Waals surface area (Å²) < 4.78 is 7.42. The first-order valence-corrected chi connectivity index (χ1v) is 9.17. The number of fused-ring (bicyclic) bond motifs is 1. The molecule has 0 fully saturated rings. The van der Waals surface area contributed by atoms with Crippen molar-refractivity contribution in [3.8, 4) is 5.69 Å². The summed E-state index contributed by atoms with van der Waals surface area (Å²) in [6.45, 7) is 3.57. The number of ether oxygens (including phenoxy) is 1. The van der Waals surface area contributed by atoms with Gasteiger partial charge in [-0.25, -0.2) is 9.78 Å². The molecule has 0 spiro atoms. The van der Waals surface area contributed by atoms with E-state index >= 15 is 0 Å². The fourth-order valence-corrected chi connectivity index (χ4v) is 3.44. The molecule has 1 aliphatic heterocycles. The van der Waals surface area contributed by atoms with Gasteiger partial charge >= 0.3 is 5.97 Å². The first kappa shape index (κ1) is 18.0. The van der Waals surface area contributed by atoms with Crippen molar-refractivity contribution in [2.24, 2.45) is 0 Å². The van der Waals surface area contributed by atoms with E-state index in [0.29, 0.717) is 12.0 Å². The number of esters is 1. The van der Waals surface area contributed by atoms with Crippen molar-refractivity contribution in [2.75, 3.05) is 0 Å². The molecule has 2 aromatic carbocycles. The van der Waals surface area contributed by atoms with Crippen LogP contribution in [0.2, 0.25) is 0 Å². The Labute approximate surface area is 163 Å². The maximum Gasteiger partial charge on any atom is 0.339 e. The van der Waals surface area contributed by atoms with Crippen LogP contribution in [0.15, 0.2) is 67.3 Å². The molecule has 1 N–H and O–H groups in total. The number of nitrogens with one attached hydrogen (secondary N) is 1. The van der Waals surface area contributed by atoms with E-state index in [1.165, 1.54) is 0 Å². The van der Waals surface area contributed by atoms with Crippen LogP contribution in [0, 0.1) is 0 Å². The molecule has 4 rings (SSSR count). The zero-order chi connectivity index (χ0) is 19.7. The highest BCUT2D eigenvalue weighted by Gasteiger charge is 2.42. The van der Waals surface area contributed by atoms with Crippen molar-refractivity contribution < 1.29 is 14.3 Å². The molecular weight excluding hydrogens is 354 g/mol. The molecule has 0 radical (unpaired) electrons. The van der Waals surface area contributed by atoms with Crippen molar-refractivity contribution in [1.29, 1.82) is 0 Å². The molecule has 6 nitrogen and oxygen atoms in total. The number of hydrogen-bond donors (Lipinski definition) is 1. The fraction of sp³-hybridized carbons (Fsp3) is 0.227. The molecule has 0 aliphatic carbocycles. The zero-order valence-electron chi connectivity index (χ0n) is 15.8. The van der Waals surface area contributed by atoms with Crippen LogP contribution < -0.4 is 5.32 Å². The summed E-state index contributed by atoms with van der Waals surface area (Å²) in [5.41, 5.74) is 2.08. The molecule has 0 bridgehead atoms. The summed E-state index contributed by atoms with van der Waals surface area (Å²) in [5, 5.41) is 2.98. The number of imidazole rings is 1. The maximum absolute atomic E-state index is 12.9. The Morgan fingerprint density at radius 3 is 2.68 bits per heavy atom. The second-order valence-electron chi connectivity index (χ2n) is 7.21. The predicted molar refractivity (Wildman–Crippen MR) is 104 cm³/mol. The molecule has 2 heterocycles. The summed E-state index contributed by atoms with van der Waals surface area (Å²) in [6.07, 6.45) is 5.68. The van der Waals surface area contributed by atoms with E-state index in [4.69, 9.17) is 4.74 Å². The average molecular weight is 375 g/mol. The van der Waals surface area contributed by atoms with Gasteiger partial charge in [-0.2, -0.15) is 0 Å². The molecule has 0 saturated heterocycles. The van der Waals surface area contributed by atoms with Gasteiger partial charge in [0.25, 0.3) is 5.91 Å². The SMILES string of the molecule is C[C@H](NC(=O)[C@]1(C)Cc2ccccc2C(=O)O1)c1ccc(-n2ccnc2)cc1. The van der Waals surface area contributed by atoms with E-state index in [1.54, 1.807) is 31.6 Å². The number of cyclic esters (lactones) is 1. The van der Waals surface area contributed by atoms with Crippen LogP contribution in [0.4, 0.5) is 0 Å². The van der Waals surface area contributed by atoms with Gasteiger partial charge in [-0.05, 0) is 43.2 Å². The average Bonchev–Trinajstić information content (AvgIpc) is 3.23. The minimum atomic E-state index is -1.23. The van der Waals surface area contributed by atoms with E-state index in [0.717, 1.165) is 16.8 Å². The van der Waals surface area contributed by atoms with Gasteiger partial charge in [-0.15, -0.1) is 0 Å². The van der Waals surface area contributed by atoms with Crippen LogP contribution in [-0.4, -0.2) is 27.0 Å². The van der Waals surface area contributed by atoms with Crippen molar-refractivity contribution in [3.05, 3.63) is 83.9 Å². The van der Waals surface area contributed by atoms with Crippen molar-refractivity contribution in [1.82, 2.24) is 14.9 Å². The smallest absolute Gasteiger partial charge is 0.339 e. The van der Waals surface area contributed by atoms with Crippen LogP contribution in [0.1, 0.15) is 41.4 Å². The third-order valence-electron chi connectivity index (χ3n) is 5.11. The fourth-order valence-electron chi connectivity index (χ4n) is 3.44. The van der Waals surface area contributed by atoms with Gasteiger partial charge < -0.3 is 14.6 Å². The Kier molecular flexibility index (Phi) is 4.47. The molecule has 1 amide bonds. The van der Waals surface area contributed by atoms with Gasteiger partial charge in [0.15, 0.2) is 5.60 Å². The van der Waals surface area contributed by atoms with Crippen LogP contribution in [0.25, 0.3) is 5.69 Å². The molecule has 0 saturated carbocycles. The number of hydrogen-bond acceptors (Lipinski definition) is 4. The van der Waals surface area contributed by atoms with Crippen LogP contribution >= 0.6 is 0 Å². The van der Waals surface area contributed by atoms with Crippen LogP contribution in [0.3, 0.4) is 0 Å². The van der Waals surface area contributed by atoms with Crippen molar-refractivity contribution in [2.45, 2.75) is 31.9 Å². The number of aromatic nitrogens is 2. The number of carbonyl (C=O) groups is 2. The Bertz CT molecular complexity index is 1010. The lowest BCUT2D eigenvalue weighted by Gasteiger charge is -2.34. The number of rotatable bonds is 4. The minimum absolute atomic E-state index is 0.225. The standard InChI is InChI=1S/C22H21N3O3/c1-15(16-7-9-18(10-8-16)25-12-11-23-14-25)24-21(27)22(2)13-17-5-3-4-6-19(17)20(26)28-22/h3-12,14-15H,13H2,1-2H3,(H,24,27)/t15-,22-/m0/s1. The first-order valence-electron chi connectivity index (χ1n) is 9.17. The van der Waals surface area contributed by atoms with Gasteiger partial charge in [0.1, 0.15) is 0 Å². The topological polar surface area (TPSA) is 73.2 Å². The van der Waals surface area contributed by atoms with Crippen LogP contribution in [0.5, 0.6) is 0 Å². The molecule has 142 valence electrons. The number of nitrogens with zero attached hydrogens (tertiary/aromatic N) is 2. The summed E-state index contributed by atoms with van der Waals surface area (Å²) in [7, 11) is 0. The third kappa shape index (κ3) is 3.29. The largest absolute Gasteiger partial charge is 0.445 e. The normalized spacial score (nSPS) is 19.4. The highest BCUT2D eigenvalue weighted by Crippen LogP contribution is 2.29. The molecule has 1 aliphatic rings. The predicted octanol–water partition coefficient (Wildman–Crippen LogP) is 3.22. The Hall–Kier alpha value is -3.41. The van der Waals surface area contributed by atoms with Gasteiger partial charge in [0.2, 0.25) is 0 Å². The molecule has 2 atom stereocenters. The van der Waals surface area contributed by atoms with Gasteiger partial charge in [0, 0.05) is 24.5 Å². The van der Waals surface area contributed by atoms with Gasteiger partial charge in [-0.3, -0.25) is 4.79 Å². The molecular formula is C22H21N3O3. The van der Waals surface area contributed by atoms with Crippen LogP contribution in [-0.2, 0) is 16.0 Å². The van der Waals surface area contributed by atoms with E-state index in [-0.39, 0.29) is 11.9 Å². The van der Waals surface area contributed by atoms with Gasteiger partial charge in [-0.1, -0.05) is 30.3 Å². The molecule has 1 aromatic heterocycles. The summed E-state index contributed by atoms with van der Waals surface area (Å²) in [6, 6.07) is 14.9. The lowest BCUT2D eigenvalue weighted by Crippen LogP contribution is -2.52. The Balaban J connectivity index is 1.48. The van der Waals surface area contributed by atoms with E-state index in [1.807, 2.05) is 54.1 Å². The van der Waals surface area contributed by atoms with Crippen molar-refractivity contribution >= 4 is 11.9 Å². The summed E-state index contributed by atoms with van der Waals surface area (Å²) in [5.74, 6) is -0.765. The number of benzene rings is 2. The lowest BCUT2D eigenvalue weighted by molar-refractivity contribution is -0.140. The molecule has 3 aromatic rings. The minimum Gasteiger partial charge on any atom is -0.445 e. The maximum atomic E-state index is 12.9. The third-order valence-corrected chi connectivity index (χ3v) is 5.11.